The van der Waals surface area contributed by atoms with Gasteiger partial charge in [0, 0.05) is 18.8 Å². The quantitative estimate of drug-likeness (QED) is 0.776. The zero-order valence-corrected chi connectivity index (χ0v) is 8.66. The summed E-state index contributed by atoms with van der Waals surface area (Å²) in [5.74, 6) is 0.391. The Balaban J connectivity index is 2.30. The van der Waals surface area contributed by atoms with Gasteiger partial charge >= 0.3 is 0 Å². The Labute approximate surface area is 85.2 Å². The summed E-state index contributed by atoms with van der Waals surface area (Å²) in [6.07, 6.45) is 3.49. The minimum absolute atomic E-state index is 0.391. The summed E-state index contributed by atoms with van der Waals surface area (Å²) in [6, 6.07) is 5.73. The largest absolute Gasteiger partial charge is 0.508 e. The van der Waals surface area contributed by atoms with Crippen molar-refractivity contribution in [3.8, 4) is 5.75 Å². The van der Waals surface area contributed by atoms with Gasteiger partial charge in [-0.1, -0.05) is 6.92 Å². The van der Waals surface area contributed by atoms with E-state index in [0.717, 1.165) is 19.5 Å². The molecule has 0 aromatic heterocycles. The third kappa shape index (κ3) is 1.69. The van der Waals surface area contributed by atoms with Gasteiger partial charge in [-0.3, -0.25) is 0 Å². The molecule has 0 bridgehead atoms. The number of aryl methyl sites for hydroxylation is 1. The standard InChI is InChI=1S/C12H17NO/c1-2-7-13-8-3-4-10-9-11(14)5-6-12(10)13/h5-6,9,14H,2-4,7-8H2,1H3. The van der Waals surface area contributed by atoms with E-state index in [-0.39, 0.29) is 0 Å². The van der Waals surface area contributed by atoms with E-state index < -0.39 is 0 Å². The van der Waals surface area contributed by atoms with Crippen molar-refractivity contribution < 1.29 is 5.11 Å². The van der Waals surface area contributed by atoms with Gasteiger partial charge < -0.3 is 10.0 Å². The molecule has 1 aromatic rings. The monoisotopic (exact) mass is 191 g/mol. The molecule has 1 N–H and O–H groups in total. The van der Waals surface area contributed by atoms with E-state index in [1.54, 1.807) is 6.07 Å². The normalized spacial score (nSPS) is 15.4. The molecule has 0 fully saturated rings. The van der Waals surface area contributed by atoms with E-state index in [1.165, 1.54) is 24.1 Å². The van der Waals surface area contributed by atoms with Gasteiger partial charge in [0.2, 0.25) is 0 Å². The molecule has 2 nitrogen and oxygen atoms in total. The number of rotatable bonds is 2. The third-order valence-electron chi connectivity index (χ3n) is 2.77. The molecule has 1 aliphatic heterocycles. The van der Waals surface area contributed by atoms with Gasteiger partial charge in [0.15, 0.2) is 0 Å². The van der Waals surface area contributed by atoms with Gasteiger partial charge in [-0.05, 0) is 43.0 Å². The summed E-state index contributed by atoms with van der Waals surface area (Å²) in [5.41, 5.74) is 2.61. The highest BCUT2D eigenvalue weighted by Crippen LogP contribution is 2.29. The van der Waals surface area contributed by atoms with Gasteiger partial charge in [-0.2, -0.15) is 0 Å². The van der Waals surface area contributed by atoms with Crippen LogP contribution in [-0.2, 0) is 6.42 Å². The Morgan fingerprint density at radius 1 is 1.43 bits per heavy atom. The number of anilines is 1. The van der Waals surface area contributed by atoms with Crippen LogP contribution >= 0.6 is 0 Å². The van der Waals surface area contributed by atoms with Crippen molar-refractivity contribution in [2.45, 2.75) is 26.2 Å². The highest BCUT2D eigenvalue weighted by Gasteiger charge is 2.15. The van der Waals surface area contributed by atoms with Crippen LogP contribution in [0.1, 0.15) is 25.3 Å². The summed E-state index contributed by atoms with van der Waals surface area (Å²) >= 11 is 0. The Kier molecular flexibility index (Phi) is 2.62. The van der Waals surface area contributed by atoms with Gasteiger partial charge in [-0.25, -0.2) is 0 Å². The number of benzene rings is 1. The molecule has 1 aromatic carbocycles. The van der Waals surface area contributed by atoms with Crippen LogP contribution in [0.5, 0.6) is 5.75 Å². The number of phenolic OH excluding ortho intramolecular Hbond substituents is 1. The van der Waals surface area contributed by atoms with Crippen molar-refractivity contribution in [3.05, 3.63) is 23.8 Å². The average Bonchev–Trinajstić information content (AvgIpc) is 2.18. The Hall–Kier alpha value is -1.18. The lowest BCUT2D eigenvalue weighted by molar-refractivity contribution is 0.474. The van der Waals surface area contributed by atoms with Crippen LogP contribution in [0.15, 0.2) is 18.2 Å². The third-order valence-corrected chi connectivity index (χ3v) is 2.77. The van der Waals surface area contributed by atoms with Crippen LogP contribution in [0, 0.1) is 0 Å². The second-order valence-electron chi connectivity index (χ2n) is 3.90. The van der Waals surface area contributed by atoms with Gasteiger partial charge in [-0.15, -0.1) is 0 Å². The SMILES string of the molecule is CCCN1CCCc2cc(O)ccc21. The Morgan fingerprint density at radius 3 is 3.07 bits per heavy atom. The topological polar surface area (TPSA) is 23.5 Å². The van der Waals surface area contributed by atoms with Crippen LogP contribution in [0.3, 0.4) is 0 Å². The Bertz CT molecular complexity index is 322. The molecule has 0 atom stereocenters. The number of aromatic hydroxyl groups is 1. The average molecular weight is 191 g/mol. The van der Waals surface area contributed by atoms with E-state index in [1.807, 2.05) is 12.1 Å². The second kappa shape index (κ2) is 3.91. The first-order chi connectivity index (χ1) is 6.81. The van der Waals surface area contributed by atoms with E-state index >= 15 is 0 Å². The lowest BCUT2D eigenvalue weighted by atomic mass is 10.0. The van der Waals surface area contributed by atoms with Crippen molar-refractivity contribution in [2.24, 2.45) is 0 Å². The number of nitrogens with zero attached hydrogens (tertiary/aromatic N) is 1. The first kappa shape index (κ1) is 9.38. The highest BCUT2D eigenvalue weighted by molar-refractivity contribution is 5.57. The molecule has 76 valence electrons. The van der Waals surface area contributed by atoms with Crippen LogP contribution < -0.4 is 4.90 Å². The molecule has 0 saturated carbocycles. The minimum Gasteiger partial charge on any atom is -0.508 e. The maximum absolute atomic E-state index is 9.39. The van der Waals surface area contributed by atoms with Gasteiger partial charge in [0.05, 0.1) is 0 Å². The van der Waals surface area contributed by atoms with E-state index in [9.17, 15) is 5.11 Å². The lowest BCUT2D eigenvalue weighted by Gasteiger charge is -2.31. The number of hydrogen-bond donors (Lipinski definition) is 1. The fourth-order valence-corrected chi connectivity index (χ4v) is 2.16. The van der Waals surface area contributed by atoms with Crippen LogP contribution in [0.25, 0.3) is 0 Å². The molecule has 0 aliphatic carbocycles. The molecular formula is C12H17NO. The van der Waals surface area contributed by atoms with Crippen molar-refractivity contribution >= 4 is 5.69 Å². The molecule has 0 amide bonds. The fraction of sp³-hybridized carbons (Fsp3) is 0.500. The van der Waals surface area contributed by atoms with Crippen molar-refractivity contribution in [2.75, 3.05) is 18.0 Å². The highest BCUT2D eigenvalue weighted by atomic mass is 16.3. The summed E-state index contributed by atoms with van der Waals surface area (Å²) in [5, 5.41) is 9.39. The number of phenols is 1. The number of fused-ring (bicyclic) bond motifs is 1. The summed E-state index contributed by atoms with van der Waals surface area (Å²) in [7, 11) is 0. The molecule has 0 radical (unpaired) electrons. The first-order valence-electron chi connectivity index (χ1n) is 5.38. The zero-order valence-electron chi connectivity index (χ0n) is 8.66. The summed E-state index contributed by atoms with van der Waals surface area (Å²) in [4.78, 5) is 2.41. The van der Waals surface area contributed by atoms with Crippen molar-refractivity contribution in [1.29, 1.82) is 0 Å². The van der Waals surface area contributed by atoms with Gasteiger partial charge in [0.1, 0.15) is 5.75 Å². The molecule has 14 heavy (non-hydrogen) atoms. The molecule has 1 aliphatic rings. The molecule has 1 heterocycles. The molecule has 0 spiro atoms. The smallest absolute Gasteiger partial charge is 0.116 e. The lowest BCUT2D eigenvalue weighted by Crippen LogP contribution is -2.29. The van der Waals surface area contributed by atoms with Crippen molar-refractivity contribution in [3.63, 3.8) is 0 Å². The maximum atomic E-state index is 9.39. The predicted molar refractivity (Wildman–Crippen MR) is 58.9 cm³/mol. The first-order valence-corrected chi connectivity index (χ1v) is 5.38. The van der Waals surface area contributed by atoms with E-state index in [0.29, 0.717) is 5.75 Å². The van der Waals surface area contributed by atoms with Crippen LogP contribution in [-0.4, -0.2) is 18.2 Å². The second-order valence-corrected chi connectivity index (χ2v) is 3.90. The van der Waals surface area contributed by atoms with Gasteiger partial charge in [0.25, 0.3) is 0 Å². The fourth-order valence-electron chi connectivity index (χ4n) is 2.16. The molecule has 0 unspecified atom stereocenters. The molecular weight excluding hydrogens is 174 g/mol. The molecule has 0 saturated heterocycles. The zero-order chi connectivity index (χ0) is 9.97. The summed E-state index contributed by atoms with van der Waals surface area (Å²) in [6.45, 7) is 4.48. The molecule has 2 rings (SSSR count). The predicted octanol–water partition coefficient (Wildman–Crippen LogP) is 2.55. The minimum atomic E-state index is 0.391. The van der Waals surface area contributed by atoms with E-state index in [2.05, 4.69) is 11.8 Å². The van der Waals surface area contributed by atoms with Crippen LogP contribution in [0.4, 0.5) is 5.69 Å². The summed E-state index contributed by atoms with van der Waals surface area (Å²) < 4.78 is 0. The van der Waals surface area contributed by atoms with Crippen molar-refractivity contribution in [1.82, 2.24) is 0 Å². The molecule has 2 heteroatoms. The van der Waals surface area contributed by atoms with Crippen LogP contribution in [0.2, 0.25) is 0 Å². The van der Waals surface area contributed by atoms with E-state index in [4.69, 9.17) is 0 Å². The maximum Gasteiger partial charge on any atom is 0.116 e. The number of hydrogen-bond acceptors (Lipinski definition) is 2. The Morgan fingerprint density at radius 2 is 2.29 bits per heavy atom.